The molecule has 3 amide bonds. The molecule has 0 aliphatic heterocycles. The van der Waals surface area contributed by atoms with Crippen LogP contribution in [0, 0.1) is 6.92 Å². The second kappa shape index (κ2) is 7.92. The summed E-state index contributed by atoms with van der Waals surface area (Å²) in [7, 11) is 0. The summed E-state index contributed by atoms with van der Waals surface area (Å²) in [6, 6.07) is 13.5. The van der Waals surface area contributed by atoms with E-state index in [0.717, 1.165) is 5.56 Å². The molecule has 0 bridgehead atoms. The van der Waals surface area contributed by atoms with E-state index in [1.54, 1.807) is 24.3 Å². The topological polar surface area (TPSA) is 101 Å². The van der Waals surface area contributed by atoms with E-state index in [9.17, 15) is 14.4 Å². The summed E-state index contributed by atoms with van der Waals surface area (Å²) in [6.45, 7) is 2.14. The van der Waals surface area contributed by atoms with Crippen LogP contribution < -0.4 is 16.4 Å². The summed E-state index contributed by atoms with van der Waals surface area (Å²) >= 11 is 0. The molecule has 0 aliphatic rings. The molecule has 0 atom stereocenters. The van der Waals surface area contributed by atoms with E-state index in [1.807, 2.05) is 19.1 Å². The van der Waals surface area contributed by atoms with Gasteiger partial charge >= 0.3 is 0 Å². The first-order valence-corrected chi connectivity index (χ1v) is 7.50. The highest BCUT2D eigenvalue weighted by Crippen LogP contribution is 2.09. The van der Waals surface area contributed by atoms with E-state index in [2.05, 4.69) is 10.6 Å². The second-order valence-corrected chi connectivity index (χ2v) is 5.37. The van der Waals surface area contributed by atoms with Crippen LogP contribution in [0.15, 0.2) is 48.5 Å². The molecule has 0 fully saturated rings. The molecule has 2 aromatic rings. The highest BCUT2D eigenvalue weighted by molar-refractivity contribution is 5.96. The maximum absolute atomic E-state index is 12.0. The molecule has 0 aliphatic carbocycles. The number of carbonyl (C=O) groups is 3. The molecule has 24 heavy (non-hydrogen) atoms. The first-order valence-electron chi connectivity index (χ1n) is 7.50. The van der Waals surface area contributed by atoms with Crippen LogP contribution in [-0.4, -0.2) is 24.3 Å². The molecule has 0 heterocycles. The Kier molecular flexibility index (Phi) is 5.68. The van der Waals surface area contributed by atoms with Gasteiger partial charge in [0.25, 0.3) is 5.91 Å². The Morgan fingerprint density at radius 3 is 2.33 bits per heavy atom. The fourth-order valence-corrected chi connectivity index (χ4v) is 2.12. The lowest BCUT2D eigenvalue weighted by atomic mass is 10.1. The summed E-state index contributed by atoms with van der Waals surface area (Å²) in [6.07, 6.45) is 0.148. The standard InChI is InChI=1S/C18H19N3O3/c1-12-3-2-4-14(11-12)18(24)20-10-9-16(22)21-15-7-5-13(6-8-15)17(19)23/h2-8,11H,9-10H2,1H3,(H2,19,23)(H,20,24)(H,21,22). The number of nitrogens with two attached hydrogens (primary N) is 1. The van der Waals surface area contributed by atoms with Gasteiger partial charge in [0.15, 0.2) is 0 Å². The minimum atomic E-state index is -0.522. The van der Waals surface area contributed by atoms with Crippen molar-refractivity contribution in [2.45, 2.75) is 13.3 Å². The molecule has 0 radical (unpaired) electrons. The van der Waals surface area contributed by atoms with E-state index < -0.39 is 5.91 Å². The van der Waals surface area contributed by atoms with Crippen LogP contribution in [0.25, 0.3) is 0 Å². The van der Waals surface area contributed by atoms with E-state index in [-0.39, 0.29) is 24.8 Å². The minimum Gasteiger partial charge on any atom is -0.366 e. The van der Waals surface area contributed by atoms with E-state index >= 15 is 0 Å². The lowest BCUT2D eigenvalue weighted by Crippen LogP contribution is -2.27. The summed E-state index contributed by atoms with van der Waals surface area (Å²) in [5, 5.41) is 5.39. The van der Waals surface area contributed by atoms with Gasteiger partial charge in [-0.05, 0) is 43.3 Å². The molecular formula is C18H19N3O3. The Morgan fingerprint density at radius 1 is 1.00 bits per heavy atom. The third-order valence-electron chi connectivity index (χ3n) is 3.37. The van der Waals surface area contributed by atoms with Crippen molar-refractivity contribution >= 4 is 23.4 Å². The number of anilines is 1. The number of rotatable bonds is 6. The average molecular weight is 325 g/mol. The number of nitrogens with one attached hydrogen (secondary N) is 2. The molecule has 0 spiro atoms. The fraction of sp³-hybridized carbons (Fsp3) is 0.167. The number of hydrogen-bond donors (Lipinski definition) is 3. The Morgan fingerprint density at radius 2 is 1.71 bits per heavy atom. The number of benzene rings is 2. The highest BCUT2D eigenvalue weighted by atomic mass is 16.2. The molecule has 2 aromatic carbocycles. The maximum Gasteiger partial charge on any atom is 0.251 e. The summed E-state index contributed by atoms with van der Waals surface area (Å²) in [4.78, 5) is 34.8. The van der Waals surface area contributed by atoms with Gasteiger partial charge in [0.1, 0.15) is 0 Å². The van der Waals surface area contributed by atoms with Gasteiger partial charge in [-0.2, -0.15) is 0 Å². The van der Waals surface area contributed by atoms with Crippen molar-refractivity contribution in [2.75, 3.05) is 11.9 Å². The minimum absolute atomic E-state index is 0.148. The molecular weight excluding hydrogens is 306 g/mol. The fourth-order valence-electron chi connectivity index (χ4n) is 2.12. The van der Waals surface area contributed by atoms with E-state index in [1.165, 1.54) is 12.1 Å². The SMILES string of the molecule is Cc1cccc(C(=O)NCCC(=O)Nc2ccc(C(N)=O)cc2)c1. The van der Waals surface area contributed by atoms with Crippen molar-refractivity contribution in [2.24, 2.45) is 5.73 Å². The molecule has 0 saturated heterocycles. The zero-order chi connectivity index (χ0) is 17.5. The van der Waals surface area contributed by atoms with Gasteiger partial charge in [0.05, 0.1) is 0 Å². The molecule has 0 saturated carbocycles. The Hall–Kier alpha value is -3.15. The normalized spacial score (nSPS) is 10.0. The first-order chi connectivity index (χ1) is 11.5. The maximum atomic E-state index is 12.0. The highest BCUT2D eigenvalue weighted by Gasteiger charge is 2.07. The van der Waals surface area contributed by atoms with Gasteiger partial charge in [0, 0.05) is 29.8 Å². The van der Waals surface area contributed by atoms with Crippen LogP contribution in [0.1, 0.15) is 32.7 Å². The van der Waals surface area contributed by atoms with E-state index in [4.69, 9.17) is 5.73 Å². The van der Waals surface area contributed by atoms with Crippen LogP contribution in [0.5, 0.6) is 0 Å². The van der Waals surface area contributed by atoms with Crippen molar-refractivity contribution < 1.29 is 14.4 Å². The van der Waals surface area contributed by atoms with Gasteiger partial charge in [-0.1, -0.05) is 17.7 Å². The number of amides is 3. The van der Waals surface area contributed by atoms with Gasteiger partial charge in [-0.15, -0.1) is 0 Å². The predicted molar refractivity (Wildman–Crippen MR) is 91.7 cm³/mol. The molecule has 4 N–H and O–H groups in total. The molecule has 2 rings (SSSR count). The summed E-state index contributed by atoms with van der Waals surface area (Å²) in [5.41, 5.74) is 7.66. The van der Waals surface area contributed by atoms with Crippen LogP contribution in [-0.2, 0) is 4.79 Å². The number of carbonyl (C=O) groups excluding carboxylic acids is 3. The molecule has 6 heteroatoms. The zero-order valence-corrected chi connectivity index (χ0v) is 13.3. The second-order valence-electron chi connectivity index (χ2n) is 5.37. The largest absolute Gasteiger partial charge is 0.366 e. The van der Waals surface area contributed by atoms with Crippen molar-refractivity contribution in [3.8, 4) is 0 Å². The Bertz CT molecular complexity index is 754. The molecule has 0 aromatic heterocycles. The summed E-state index contributed by atoms with van der Waals surface area (Å²) < 4.78 is 0. The molecule has 6 nitrogen and oxygen atoms in total. The number of primary amides is 1. The van der Waals surface area contributed by atoms with Gasteiger partial charge in [-0.3, -0.25) is 14.4 Å². The van der Waals surface area contributed by atoms with Crippen LogP contribution >= 0.6 is 0 Å². The monoisotopic (exact) mass is 325 g/mol. The van der Waals surface area contributed by atoms with Crippen LogP contribution in [0.3, 0.4) is 0 Å². The van der Waals surface area contributed by atoms with Crippen molar-refractivity contribution in [1.82, 2.24) is 5.32 Å². The first kappa shape index (κ1) is 17.2. The quantitative estimate of drug-likeness (QED) is 0.755. The Balaban J connectivity index is 1.79. The third kappa shape index (κ3) is 4.95. The van der Waals surface area contributed by atoms with Crippen LogP contribution in [0.2, 0.25) is 0 Å². The lowest BCUT2D eigenvalue weighted by Gasteiger charge is -2.07. The van der Waals surface area contributed by atoms with E-state index in [0.29, 0.717) is 16.8 Å². The Labute approximate surface area is 140 Å². The third-order valence-corrected chi connectivity index (χ3v) is 3.37. The number of hydrogen-bond acceptors (Lipinski definition) is 3. The molecule has 0 unspecified atom stereocenters. The summed E-state index contributed by atoms with van der Waals surface area (Å²) in [5.74, 6) is -0.963. The van der Waals surface area contributed by atoms with Crippen molar-refractivity contribution in [3.05, 3.63) is 65.2 Å². The zero-order valence-electron chi connectivity index (χ0n) is 13.3. The predicted octanol–water partition coefficient (Wildman–Crippen LogP) is 1.85. The van der Waals surface area contributed by atoms with Gasteiger partial charge in [0.2, 0.25) is 11.8 Å². The van der Waals surface area contributed by atoms with Crippen molar-refractivity contribution in [1.29, 1.82) is 0 Å². The van der Waals surface area contributed by atoms with Gasteiger partial charge < -0.3 is 16.4 Å². The smallest absolute Gasteiger partial charge is 0.251 e. The van der Waals surface area contributed by atoms with Crippen LogP contribution in [0.4, 0.5) is 5.69 Å². The molecule has 124 valence electrons. The van der Waals surface area contributed by atoms with Gasteiger partial charge in [-0.25, -0.2) is 0 Å². The number of aryl methyl sites for hydroxylation is 1. The average Bonchev–Trinajstić information content (AvgIpc) is 2.55. The van der Waals surface area contributed by atoms with Crippen molar-refractivity contribution in [3.63, 3.8) is 0 Å². The lowest BCUT2D eigenvalue weighted by molar-refractivity contribution is -0.116.